The van der Waals surface area contributed by atoms with Crippen molar-refractivity contribution in [2.24, 2.45) is 0 Å². The smallest absolute Gasteiger partial charge is 0.251 e. The molecular formula is C24H29N3O3. The predicted molar refractivity (Wildman–Crippen MR) is 116 cm³/mol. The molecule has 2 unspecified atom stereocenters. The maximum Gasteiger partial charge on any atom is 0.251 e. The number of anilines is 1. The standard InChI is InChI=1S/C24H29N3O3/c1-26(2)19-6-4-17(5-7-19)24(28)25-18-12-20-8-9-21(13-18)27(20)14-16-3-10-22-23(11-16)30-15-29-22/h3-7,10-11,18,20-21H,8-9,12-15H2,1-2H3,(H,25,28). The average molecular weight is 408 g/mol. The van der Waals surface area contributed by atoms with Crippen LogP contribution in [0, 0.1) is 0 Å². The van der Waals surface area contributed by atoms with Crippen LogP contribution < -0.4 is 19.7 Å². The minimum absolute atomic E-state index is 0.0360. The largest absolute Gasteiger partial charge is 0.454 e. The maximum atomic E-state index is 12.7. The van der Waals surface area contributed by atoms with Crippen molar-refractivity contribution in [3.63, 3.8) is 0 Å². The molecule has 2 atom stereocenters. The lowest BCUT2D eigenvalue weighted by atomic mass is 9.96. The van der Waals surface area contributed by atoms with E-state index in [1.807, 2.05) is 49.3 Å². The van der Waals surface area contributed by atoms with Gasteiger partial charge < -0.3 is 19.7 Å². The molecule has 2 fully saturated rings. The Balaban J connectivity index is 1.20. The topological polar surface area (TPSA) is 54.0 Å². The van der Waals surface area contributed by atoms with Gasteiger partial charge in [0.1, 0.15) is 0 Å². The lowest BCUT2D eigenvalue weighted by Gasteiger charge is -2.39. The third-order valence-electron chi connectivity index (χ3n) is 6.67. The van der Waals surface area contributed by atoms with Gasteiger partial charge in [0.2, 0.25) is 6.79 Å². The predicted octanol–water partition coefficient (Wildman–Crippen LogP) is 3.41. The van der Waals surface area contributed by atoms with Crippen LogP contribution in [-0.4, -0.2) is 49.8 Å². The zero-order valence-electron chi connectivity index (χ0n) is 17.6. The number of piperidine rings is 1. The fourth-order valence-electron chi connectivity index (χ4n) is 5.08. The number of hydrogen-bond acceptors (Lipinski definition) is 5. The molecule has 3 aliphatic heterocycles. The Bertz CT molecular complexity index is 914. The third kappa shape index (κ3) is 3.72. The molecule has 2 saturated heterocycles. The normalized spacial score (nSPS) is 24.7. The number of benzene rings is 2. The number of fused-ring (bicyclic) bond motifs is 3. The highest BCUT2D eigenvalue weighted by atomic mass is 16.7. The summed E-state index contributed by atoms with van der Waals surface area (Å²) < 4.78 is 11.0. The number of hydrogen-bond donors (Lipinski definition) is 1. The van der Waals surface area contributed by atoms with Crippen LogP contribution in [0.25, 0.3) is 0 Å². The third-order valence-corrected chi connectivity index (χ3v) is 6.67. The van der Waals surface area contributed by atoms with Crippen LogP contribution in [0.2, 0.25) is 0 Å². The molecule has 158 valence electrons. The number of nitrogens with zero attached hydrogens (tertiary/aromatic N) is 2. The van der Waals surface area contributed by atoms with E-state index in [-0.39, 0.29) is 11.9 Å². The van der Waals surface area contributed by atoms with Crippen LogP contribution >= 0.6 is 0 Å². The number of carbonyl (C=O) groups excluding carboxylic acids is 1. The minimum Gasteiger partial charge on any atom is -0.454 e. The Hall–Kier alpha value is -2.73. The lowest BCUT2D eigenvalue weighted by molar-refractivity contribution is 0.0827. The second kappa shape index (κ2) is 7.84. The summed E-state index contributed by atoms with van der Waals surface area (Å²) in [6.07, 6.45) is 4.45. The van der Waals surface area contributed by atoms with Gasteiger partial charge in [-0.05, 0) is 67.6 Å². The van der Waals surface area contributed by atoms with E-state index >= 15 is 0 Å². The summed E-state index contributed by atoms with van der Waals surface area (Å²) in [7, 11) is 4.00. The molecule has 6 heteroatoms. The van der Waals surface area contributed by atoms with Gasteiger partial charge in [-0.3, -0.25) is 9.69 Å². The average Bonchev–Trinajstić information content (AvgIpc) is 3.29. The minimum atomic E-state index is 0.0360. The summed E-state index contributed by atoms with van der Waals surface area (Å²) in [6, 6.07) is 15.4. The second-order valence-electron chi connectivity index (χ2n) is 8.83. The van der Waals surface area contributed by atoms with Gasteiger partial charge >= 0.3 is 0 Å². The van der Waals surface area contributed by atoms with Crippen molar-refractivity contribution in [2.75, 3.05) is 25.8 Å². The van der Waals surface area contributed by atoms with E-state index in [2.05, 4.69) is 22.3 Å². The van der Waals surface area contributed by atoms with E-state index in [4.69, 9.17) is 9.47 Å². The first-order valence-corrected chi connectivity index (χ1v) is 10.8. The fourth-order valence-corrected chi connectivity index (χ4v) is 5.08. The van der Waals surface area contributed by atoms with Crippen LogP contribution in [0.3, 0.4) is 0 Å². The van der Waals surface area contributed by atoms with Crippen LogP contribution in [0.15, 0.2) is 42.5 Å². The molecule has 2 bridgehead atoms. The summed E-state index contributed by atoms with van der Waals surface area (Å²) in [5.41, 5.74) is 3.09. The van der Waals surface area contributed by atoms with E-state index in [0.29, 0.717) is 18.9 Å². The molecule has 0 aromatic heterocycles. The number of rotatable bonds is 5. The van der Waals surface area contributed by atoms with Gasteiger partial charge in [0.05, 0.1) is 0 Å². The van der Waals surface area contributed by atoms with Gasteiger partial charge in [0.15, 0.2) is 11.5 Å². The van der Waals surface area contributed by atoms with Crippen LogP contribution in [-0.2, 0) is 6.54 Å². The molecule has 30 heavy (non-hydrogen) atoms. The van der Waals surface area contributed by atoms with Gasteiger partial charge in [-0.1, -0.05) is 6.07 Å². The van der Waals surface area contributed by atoms with Gasteiger partial charge in [-0.25, -0.2) is 0 Å². The molecule has 2 aromatic carbocycles. The highest BCUT2D eigenvalue weighted by Gasteiger charge is 2.41. The summed E-state index contributed by atoms with van der Waals surface area (Å²) in [5.74, 6) is 1.72. The summed E-state index contributed by atoms with van der Waals surface area (Å²) >= 11 is 0. The molecule has 0 saturated carbocycles. The second-order valence-corrected chi connectivity index (χ2v) is 8.83. The van der Waals surface area contributed by atoms with Crippen molar-refractivity contribution >= 4 is 11.6 Å². The molecule has 0 aliphatic carbocycles. The van der Waals surface area contributed by atoms with Crippen molar-refractivity contribution in [3.8, 4) is 11.5 Å². The molecule has 6 nitrogen and oxygen atoms in total. The maximum absolute atomic E-state index is 12.7. The first-order valence-electron chi connectivity index (χ1n) is 10.8. The van der Waals surface area contributed by atoms with Gasteiger partial charge in [0, 0.05) is 50.0 Å². The van der Waals surface area contributed by atoms with E-state index in [1.165, 1.54) is 18.4 Å². The quantitative estimate of drug-likeness (QED) is 0.823. The van der Waals surface area contributed by atoms with Crippen molar-refractivity contribution < 1.29 is 14.3 Å². The van der Waals surface area contributed by atoms with Crippen LogP contribution in [0.5, 0.6) is 11.5 Å². The van der Waals surface area contributed by atoms with Gasteiger partial charge in [-0.2, -0.15) is 0 Å². The Kier molecular flexibility index (Phi) is 5.03. The Morgan fingerprint density at radius 2 is 1.73 bits per heavy atom. The Morgan fingerprint density at radius 1 is 1.03 bits per heavy atom. The number of ether oxygens (including phenoxy) is 2. The number of carbonyl (C=O) groups is 1. The van der Waals surface area contributed by atoms with Crippen LogP contribution in [0.1, 0.15) is 41.6 Å². The first-order chi connectivity index (χ1) is 14.6. The Morgan fingerprint density at radius 3 is 2.43 bits per heavy atom. The lowest BCUT2D eigenvalue weighted by Crippen LogP contribution is -2.49. The van der Waals surface area contributed by atoms with E-state index in [9.17, 15) is 4.79 Å². The summed E-state index contributed by atoms with van der Waals surface area (Å²) in [4.78, 5) is 17.4. The van der Waals surface area contributed by atoms with Crippen molar-refractivity contribution in [2.45, 2.75) is 50.4 Å². The molecule has 5 rings (SSSR count). The van der Waals surface area contributed by atoms with Crippen molar-refractivity contribution in [3.05, 3.63) is 53.6 Å². The van der Waals surface area contributed by atoms with Crippen molar-refractivity contribution in [1.29, 1.82) is 0 Å². The fraction of sp³-hybridized carbons (Fsp3) is 0.458. The SMILES string of the molecule is CN(C)c1ccc(C(=O)NC2CC3CCC(C2)N3Cc2ccc3c(c2)OCO3)cc1. The summed E-state index contributed by atoms with van der Waals surface area (Å²) in [6.45, 7) is 1.24. The molecule has 1 N–H and O–H groups in total. The van der Waals surface area contributed by atoms with E-state index < -0.39 is 0 Å². The molecule has 0 spiro atoms. The molecule has 2 aromatic rings. The Labute approximate surface area is 177 Å². The molecular weight excluding hydrogens is 378 g/mol. The van der Waals surface area contributed by atoms with Gasteiger partial charge in [-0.15, -0.1) is 0 Å². The molecule has 3 aliphatic rings. The molecule has 3 heterocycles. The highest BCUT2D eigenvalue weighted by molar-refractivity contribution is 5.94. The zero-order valence-corrected chi connectivity index (χ0v) is 17.6. The van der Waals surface area contributed by atoms with Crippen LogP contribution in [0.4, 0.5) is 5.69 Å². The number of amides is 1. The zero-order chi connectivity index (χ0) is 20.7. The number of nitrogens with one attached hydrogen (secondary N) is 1. The first kappa shape index (κ1) is 19.2. The molecule has 0 radical (unpaired) electrons. The summed E-state index contributed by atoms with van der Waals surface area (Å²) in [5, 5.41) is 3.29. The molecule has 1 amide bonds. The monoisotopic (exact) mass is 407 g/mol. The van der Waals surface area contributed by atoms with Gasteiger partial charge in [0.25, 0.3) is 5.91 Å². The van der Waals surface area contributed by atoms with Crippen molar-refractivity contribution in [1.82, 2.24) is 10.2 Å². The van der Waals surface area contributed by atoms with E-state index in [1.54, 1.807) is 0 Å². The van der Waals surface area contributed by atoms with E-state index in [0.717, 1.165) is 42.1 Å². The highest BCUT2D eigenvalue weighted by Crippen LogP contribution is 2.38.